The minimum Gasteiger partial charge on any atom is -0.314 e. The molecule has 0 unspecified atom stereocenters. The number of rotatable bonds is 6. The predicted octanol–water partition coefficient (Wildman–Crippen LogP) is 4.09. The molecule has 0 saturated heterocycles. The molecule has 0 aliphatic carbocycles. The normalized spacial score (nSPS) is 12.0. The lowest BCUT2D eigenvalue weighted by Gasteiger charge is -2.10. The predicted molar refractivity (Wildman–Crippen MR) is 98.9 cm³/mol. The van der Waals surface area contributed by atoms with Crippen molar-refractivity contribution >= 4 is 33.3 Å². The van der Waals surface area contributed by atoms with E-state index in [1.54, 1.807) is 12.1 Å². The third kappa shape index (κ3) is 4.58. The molecule has 1 aromatic heterocycles. The zero-order valence-electron chi connectivity index (χ0n) is 13.9. The summed E-state index contributed by atoms with van der Waals surface area (Å²) in [5.74, 6) is 0.0926. The Bertz CT molecular complexity index is 878. The van der Waals surface area contributed by atoms with E-state index in [2.05, 4.69) is 0 Å². The average Bonchev–Trinajstić information content (AvgIpc) is 2.81. The molecular weight excluding hydrogens is 346 g/mol. The number of benzene rings is 1. The highest BCUT2D eigenvalue weighted by atomic mass is 35.5. The second-order valence-corrected chi connectivity index (χ2v) is 8.45. The second-order valence-electron chi connectivity index (χ2n) is 5.76. The van der Waals surface area contributed by atoms with E-state index >= 15 is 0 Å². The maximum Gasteiger partial charge on any atom is 0.161 e. The fourth-order valence-electron chi connectivity index (χ4n) is 2.53. The van der Waals surface area contributed by atoms with E-state index in [-0.39, 0.29) is 11.5 Å². The Morgan fingerprint density at radius 1 is 1.25 bits per heavy atom. The van der Waals surface area contributed by atoms with E-state index in [1.165, 1.54) is 13.2 Å². The monoisotopic (exact) mass is 365 g/mol. The van der Waals surface area contributed by atoms with Crippen LogP contribution in [0.25, 0.3) is 11.8 Å². The Morgan fingerprint density at radius 2 is 1.88 bits per heavy atom. The Hall–Kier alpha value is -1.85. The molecular formula is C18H20ClNO3S. The van der Waals surface area contributed by atoms with Crippen molar-refractivity contribution in [2.75, 3.05) is 12.0 Å². The van der Waals surface area contributed by atoms with Crippen LogP contribution in [0.5, 0.6) is 0 Å². The molecule has 6 heteroatoms. The molecule has 0 amide bonds. The Labute approximate surface area is 147 Å². The van der Waals surface area contributed by atoms with Crippen molar-refractivity contribution in [1.29, 1.82) is 0 Å². The number of nitrogens with zero attached hydrogens (tertiary/aromatic N) is 1. The van der Waals surface area contributed by atoms with Crippen LogP contribution in [0.1, 0.15) is 35.1 Å². The zero-order valence-corrected chi connectivity index (χ0v) is 15.5. The molecule has 24 heavy (non-hydrogen) atoms. The van der Waals surface area contributed by atoms with Gasteiger partial charge in [-0.15, -0.1) is 0 Å². The number of halogens is 1. The summed E-state index contributed by atoms with van der Waals surface area (Å²) >= 11 is 5.95. The van der Waals surface area contributed by atoms with Gasteiger partial charge in [-0.25, -0.2) is 8.42 Å². The van der Waals surface area contributed by atoms with Gasteiger partial charge in [-0.1, -0.05) is 17.7 Å². The molecule has 0 spiro atoms. The lowest BCUT2D eigenvalue weighted by molar-refractivity contribution is 0.101. The lowest BCUT2D eigenvalue weighted by atomic mass is 10.2. The summed E-state index contributed by atoms with van der Waals surface area (Å²) in [6.45, 7) is 3.42. The van der Waals surface area contributed by atoms with Gasteiger partial charge in [0, 0.05) is 33.9 Å². The third-order valence-electron chi connectivity index (χ3n) is 3.68. The molecule has 2 rings (SSSR count). The van der Waals surface area contributed by atoms with Gasteiger partial charge < -0.3 is 4.57 Å². The first-order chi connectivity index (χ1) is 11.2. The van der Waals surface area contributed by atoms with Crippen LogP contribution in [0.15, 0.2) is 36.4 Å². The van der Waals surface area contributed by atoms with Gasteiger partial charge >= 0.3 is 0 Å². The van der Waals surface area contributed by atoms with Gasteiger partial charge in [-0.3, -0.25) is 4.79 Å². The maximum atomic E-state index is 11.8. The maximum absolute atomic E-state index is 11.8. The van der Waals surface area contributed by atoms with Crippen molar-refractivity contribution in [3.05, 3.63) is 58.4 Å². The summed E-state index contributed by atoms with van der Waals surface area (Å²) in [7, 11) is -2.99. The quantitative estimate of drug-likeness (QED) is 0.724. The molecule has 4 nitrogen and oxygen atoms in total. The van der Waals surface area contributed by atoms with Crippen molar-refractivity contribution in [2.45, 2.75) is 20.3 Å². The fraction of sp³-hybridized carbons (Fsp3) is 0.278. The van der Waals surface area contributed by atoms with Gasteiger partial charge in [0.25, 0.3) is 0 Å². The van der Waals surface area contributed by atoms with Gasteiger partial charge in [0.15, 0.2) is 5.78 Å². The smallest absolute Gasteiger partial charge is 0.161 e. The molecule has 0 aliphatic heterocycles. The number of Topliss-reactive ketones (excluding diaryl/α,β-unsaturated/α-hetero) is 1. The Balaban J connectivity index is 2.42. The minimum absolute atomic E-state index is 0.00833. The zero-order chi connectivity index (χ0) is 17.9. The molecule has 0 fully saturated rings. The number of carbonyl (C=O) groups is 1. The summed E-state index contributed by atoms with van der Waals surface area (Å²) in [6.07, 6.45) is 5.31. The van der Waals surface area contributed by atoms with E-state index in [0.29, 0.717) is 17.0 Å². The highest BCUT2D eigenvalue weighted by molar-refractivity contribution is 7.90. The van der Waals surface area contributed by atoms with Crippen LogP contribution in [0.4, 0.5) is 0 Å². The van der Waals surface area contributed by atoms with E-state index in [9.17, 15) is 13.2 Å². The summed E-state index contributed by atoms with van der Waals surface area (Å²) in [4.78, 5) is 11.8. The van der Waals surface area contributed by atoms with E-state index in [4.69, 9.17) is 11.6 Å². The standard InChI is InChI=1S/C18H20ClNO3S/c1-13-18(14(2)21)12-17(6-4-5-11-24(3,22)23)20(13)16-9-7-15(19)8-10-16/h4,6-10,12H,5,11H2,1-3H3. The van der Waals surface area contributed by atoms with Crippen molar-refractivity contribution < 1.29 is 13.2 Å². The summed E-state index contributed by atoms with van der Waals surface area (Å²) < 4.78 is 24.4. The van der Waals surface area contributed by atoms with Gasteiger partial charge in [-0.05, 0) is 56.7 Å². The number of allylic oxidation sites excluding steroid dienone is 1. The highest BCUT2D eigenvalue weighted by Gasteiger charge is 2.14. The van der Waals surface area contributed by atoms with Crippen molar-refractivity contribution in [1.82, 2.24) is 4.57 Å². The number of aromatic nitrogens is 1. The summed E-state index contributed by atoms with van der Waals surface area (Å²) in [5.41, 5.74) is 3.21. The molecule has 0 bridgehead atoms. The number of hydrogen-bond acceptors (Lipinski definition) is 3. The molecule has 0 N–H and O–H groups in total. The molecule has 0 atom stereocenters. The third-order valence-corrected chi connectivity index (χ3v) is 4.91. The van der Waals surface area contributed by atoms with Gasteiger partial charge in [0.2, 0.25) is 0 Å². The lowest BCUT2D eigenvalue weighted by Crippen LogP contribution is -2.02. The molecule has 1 aromatic carbocycles. The Morgan fingerprint density at radius 3 is 2.42 bits per heavy atom. The van der Waals surface area contributed by atoms with E-state index in [0.717, 1.165) is 17.1 Å². The van der Waals surface area contributed by atoms with Gasteiger partial charge in [-0.2, -0.15) is 0 Å². The number of sulfone groups is 1. The molecule has 128 valence electrons. The topological polar surface area (TPSA) is 56.1 Å². The SMILES string of the molecule is CC(=O)c1cc(C=CCCS(C)(=O)=O)n(-c2ccc(Cl)cc2)c1C. The van der Waals surface area contributed by atoms with Crippen LogP contribution in [0, 0.1) is 6.92 Å². The molecule has 2 aromatic rings. The number of ketones is 1. The molecule has 0 saturated carbocycles. The second kappa shape index (κ2) is 7.36. The largest absolute Gasteiger partial charge is 0.314 e. The van der Waals surface area contributed by atoms with Crippen LogP contribution < -0.4 is 0 Å². The summed E-state index contributed by atoms with van der Waals surface area (Å²) in [6, 6.07) is 9.17. The Kier molecular flexibility index (Phi) is 5.67. The average molecular weight is 366 g/mol. The van der Waals surface area contributed by atoms with Crippen LogP contribution in [0.2, 0.25) is 5.02 Å². The minimum atomic E-state index is -2.99. The van der Waals surface area contributed by atoms with Crippen molar-refractivity contribution in [3.8, 4) is 5.69 Å². The van der Waals surface area contributed by atoms with Crippen LogP contribution >= 0.6 is 11.6 Å². The number of carbonyl (C=O) groups excluding carboxylic acids is 1. The first-order valence-electron chi connectivity index (χ1n) is 7.52. The van der Waals surface area contributed by atoms with Crippen LogP contribution in [-0.4, -0.2) is 30.8 Å². The molecule has 1 heterocycles. The van der Waals surface area contributed by atoms with E-state index in [1.807, 2.05) is 41.8 Å². The molecule has 0 aliphatic rings. The molecule has 0 radical (unpaired) electrons. The first kappa shape index (κ1) is 18.5. The fourth-order valence-corrected chi connectivity index (χ4v) is 3.22. The van der Waals surface area contributed by atoms with Crippen molar-refractivity contribution in [3.63, 3.8) is 0 Å². The number of hydrogen-bond donors (Lipinski definition) is 0. The van der Waals surface area contributed by atoms with Crippen LogP contribution in [-0.2, 0) is 9.84 Å². The summed E-state index contributed by atoms with van der Waals surface area (Å²) in [5, 5.41) is 0.639. The van der Waals surface area contributed by atoms with E-state index < -0.39 is 9.84 Å². The van der Waals surface area contributed by atoms with Gasteiger partial charge in [0.05, 0.1) is 5.75 Å². The van der Waals surface area contributed by atoms with Crippen molar-refractivity contribution in [2.24, 2.45) is 0 Å². The van der Waals surface area contributed by atoms with Gasteiger partial charge in [0.1, 0.15) is 9.84 Å². The van der Waals surface area contributed by atoms with Crippen LogP contribution in [0.3, 0.4) is 0 Å². The highest BCUT2D eigenvalue weighted by Crippen LogP contribution is 2.24. The first-order valence-corrected chi connectivity index (χ1v) is 9.96.